The van der Waals surface area contributed by atoms with Crippen LogP contribution in [0.25, 0.3) is 0 Å². The van der Waals surface area contributed by atoms with E-state index in [1.165, 1.54) is 9.75 Å². The largest absolute Gasteiger partial charge is 0.358 e. The molecule has 3 heterocycles. The van der Waals surface area contributed by atoms with E-state index in [0.29, 0.717) is 18.0 Å². The van der Waals surface area contributed by atoms with Gasteiger partial charge in [0.2, 0.25) is 5.91 Å². The van der Waals surface area contributed by atoms with Crippen LogP contribution < -0.4 is 5.32 Å². The second kappa shape index (κ2) is 6.30. The summed E-state index contributed by atoms with van der Waals surface area (Å²) in [4.78, 5) is 20.0. The summed E-state index contributed by atoms with van der Waals surface area (Å²) in [6.07, 6.45) is 1.00. The molecule has 22 heavy (non-hydrogen) atoms. The third-order valence-corrected chi connectivity index (χ3v) is 6.06. The van der Waals surface area contributed by atoms with Crippen molar-refractivity contribution in [3.63, 3.8) is 0 Å². The lowest BCUT2D eigenvalue weighted by atomic mass is 10.0. The smallest absolute Gasteiger partial charge is 0.237 e. The molecule has 1 aromatic rings. The molecule has 0 radical (unpaired) electrons. The molecule has 2 fully saturated rings. The quantitative estimate of drug-likeness (QED) is 0.922. The van der Waals surface area contributed by atoms with Crippen molar-refractivity contribution in [3.8, 4) is 0 Å². The van der Waals surface area contributed by atoms with E-state index >= 15 is 0 Å². The summed E-state index contributed by atoms with van der Waals surface area (Å²) in [5.41, 5.74) is 0. The van der Waals surface area contributed by atoms with Crippen molar-refractivity contribution >= 4 is 17.2 Å². The van der Waals surface area contributed by atoms with Crippen LogP contribution in [0.1, 0.15) is 30.0 Å². The summed E-state index contributed by atoms with van der Waals surface area (Å²) < 4.78 is 0. The Hall–Kier alpha value is -0.910. The van der Waals surface area contributed by atoms with E-state index in [0.717, 1.165) is 26.1 Å². The first-order valence-corrected chi connectivity index (χ1v) is 9.08. The fourth-order valence-electron chi connectivity index (χ4n) is 4.22. The maximum atomic E-state index is 12.2. The van der Waals surface area contributed by atoms with Crippen LogP contribution >= 0.6 is 11.3 Å². The minimum Gasteiger partial charge on any atom is -0.358 e. The molecule has 0 spiro atoms. The van der Waals surface area contributed by atoms with Gasteiger partial charge in [-0.05, 0) is 45.2 Å². The van der Waals surface area contributed by atoms with Crippen LogP contribution in [0.4, 0.5) is 0 Å². The van der Waals surface area contributed by atoms with Gasteiger partial charge >= 0.3 is 0 Å². The predicted octanol–water partition coefficient (Wildman–Crippen LogP) is 2.09. The van der Waals surface area contributed by atoms with Gasteiger partial charge in [0.05, 0.1) is 6.04 Å². The van der Waals surface area contributed by atoms with Crippen LogP contribution in [0.2, 0.25) is 0 Å². The first-order valence-electron chi connectivity index (χ1n) is 8.26. The molecular formula is C17H27N3OS. The Morgan fingerprint density at radius 2 is 2.18 bits per heavy atom. The molecule has 4 nitrogen and oxygen atoms in total. The highest BCUT2D eigenvalue weighted by atomic mass is 32.1. The van der Waals surface area contributed by atoms with E-state index in [1.807, 2.05) is 11.3 Å². The molecule has 5 heteroatoms. The normalized spacial score (nSPS) is 29.2. The number of amides is 1. The average molecular weight is 321 g/mol. The third-order valence-electron chi connectivity index (χ3n) is 5.07. The topological polar surface area (TPSA) is 35.6 Å². The maximum Gasteiger partial charge on any atom is 0.237 e. The number of fused-ring (bicyclic) bond motifs is 1. The molecule has 3 rings (SSSR count). The number of thiophene rings is 1. The second-order valence-corrected chi connectivity index (χ2v) is 8.31. The number of carbonyl (C=O) groups is 1. The van der Waals surface area contributed by atoms with Gasteiger partial charge in [0, 0.05) is 48.5 Å². The summed E-state index contributed by atoms with van der Waals surface area (Å²) in [5, 5.41) is 2.84. The number of likely N-dealkylation sites (N-methyl/N-ethyl adjacent to an activating group) is 1. The van der Waals surface area contributed by atoms with Crippen molar-refractivity contribution in [2.24, 2.45) is 5.92 Å². The molecule has 0 aromatic carbocycles. The van der Waals surface area contributed by atoms with Gasteiger partial charge < -0.3 is 5.32 Å². The molecule has 3 atom stereocenters. The second-order valence-electron chi connectivity index (χ2n) is 6.94. The minimum absolute atomic E-state index is 0.0612. The SMILES string of the molecule is CNC(=O)[C@H]1C[C@@H]2CN(Cc3ccc(C)s3)C[C@@H]2N1C(C)C. The van der Waals surface area contributed by atoms with Crippen molar-refractivity contribution in [2.75, 3.05) is 20.1 Å². The zero-order valence-electron chi connectivity index (χ0n) is 14.0. The van der Waals surface area contributed by atoms with Crippen molar-refractivity contribution < 1.29 is 4.79 Å². The molecule has 0 aliphatic carbocycles. The van der Waals surface area contributed by atoms with Crippen molar-refractivity contribution in [1.29, 1.82) is 0 Å². The van der Waals surface area contributed by atoms with E-state index in [2.05, 4.69) is 48.0 Å². The van der Waals surface area contributed by atoms with Gasteiger partial charge in [-0.2, -0.15) is 0 Å². The highest BCUT2D eigenvalue weighted by Gasteiger charge is 2.49. The summed E-state index contributed by atoms with van der Waals surface area (Å²) in [5.74, 6) is 0.814. The van der Waals surface area contributed by atoms with Crippen molar-refractivity contribution in [1.82, 2.24) is 15.1 Å². The first kappa shape index (κ1) is 16.0. The number of hydrogen-bond acceptors (Lipinski definition) is 4. The lowest BCUT2D eigenvalue weighted by Gasteiger charge is -2.33. The Morgan fingerprint density at radius 1 is 1.41 bits per heavy atom. The zero-order chi connectivity index (χ0) is 15.9. The van der Waals surface area contributed by atoms with Crippen molar-refractivity contribution in [2.45, 2.75) is 51.9 Å². The summed E-state index contributed by atoms with van der Waals surface area (Å²) in [7, 11) is 1.75. The van der Waals surface area contributed by atoms with E-state index in [9.17, 15) is 4.79 Å². The molecule has 0 bridgehead atoms. The average Bonchev–Trinajstić information content (AvgIpc) is 3.11. The molecule has 0 unspecified atom stereocenters. The van der Waals surface area contributed by atoms with Crippen LogP contribution in [-0.2, 0) is 11.3 Å². The summed E-state index contributed by atoms with van der Waals surface area (Å²) >= 11 is 1.90. The van der Waals surface area contributed by atoms with E-state index in [1.54, 1.807) is 7.05 Å². The van der Waals surface area contributed by atoms with Crippen LogP contribution in [0, 0.1) is 12.8 Å². The number of rotatable bonds is 4. The molecule has 2 aliphatic rings. The first-order chi connectivity index (χ1) is 10.5. The molecule has 1 amide bonds. The molecule has 1 aromatic heterocycles. The standard InChI is InChI=1S/C17H27N3OS/c1-11(2)20-15(17(21)18-4)7-13-8-19(10-16(13)20)9-14-6-5-12(3)22-14/h5-6,11,13,15-16H,7-10H2,1-4H3,(H,18,21)/t13-,15-,16+/m1/s1. The molecule has 0 saturated carbocycles. The molecule has 2 saturated heterocycles. The summed E-state index contributed by atoms with van der Waals surface area (Å²) in [6.45, 7) is 9.86. The number of nitrogens with zero attached hydrogens (tertiary/aromatic N) is 2. The zero-order valence-corrected chi connectivity index (χ0v) is 14.8. The maximum absolute atomic E-state index is 12.2. The Morgan fingerprint density at radius 3 is 2.77 bits per heavy atom. The number of carbonyl (C=O) groups excluding carboxylic acids is 1. The Labute approximate surface area is 137 Å². The number of nitrogens with one attached hydrogen (secondary N) is 1. The van der Waals surface area contributed by atoms with Crippen LogP contribution in [-0.4, -0.2) is 54.0 Å². The third kappa shape index (κ3) is 2.94. The monoisotopic (exact) mass is 321 g/mol. The van der Waals surface area contributed by atoms with E-state index in [-0.39, 0.29) is 11.9 Å². The predicted molar refractivity (Wildman–Crippen MR) is 91.1 cm³/mol. The Bertz CT molecular complexity index is 542. The van der Waals surface area contributed by atoms with Gasteiger partial charge in [-0.25, -0.2) is 0 Å². The van der Waals surface area contributed by atoms with E-state index < -0.39 is 0 Å². The Kier molecular flexibility index (Phi) is 4.57. The van der Waals surface area contributed by atoms with Crippen LogP contribution in [0.5, 0.6) is 0 Å². The lowest BCUT2D eigenvalue weighted by molar-refractivity contribution is -0.126. The van der Waals surface area contributed by atoms with Crippen molar-refractivity contribution in [3.05, 3.63) is 21.9 Å². The number of hydrogen-bond donors (Lipinski definition) is 1. The number of aryl methyl sites for hydroxylation is 1. The van der Waals surface area contributed by atoms with Gasteiger partial charge in [0.25, 0.3) is 0 Å². The minimum atomic E-state index is 0.0612. The van der Waals surface area contributed by atoms with Gasteiger partial charge in [0.15, 0.2) is 0 Å². The lowest BCUT2D eigenvalue weighted by Crippen LogP contribution is -2.50. The Balaban J connectivity index is 1.68. The highest BCUT2D eigenvalue weighted by Crippen LogP contribution is 2.38. The van der Waals surface area contributed by atoms with Gasteiger partial charge in [-0.1, -0.05) is 0 Å². The van der Waals surface area contributed by atoms with Gasteiger partial charge in [-0.3, -0.25) is 14.6 Å². The van der Waals surface area contributed by atoms with Gasteiger partial charge in [-0.15, -0.1) is 11.3 Å². The molecule has 2 aliphatic heterocycles. The fourth-order valence-corrected chi connectivity index (χ4v) is 5.15. The van der Waals surface area contributed by atoms with Crippen LogP contribution in [0.3, 0.4) is 0 Å². The van der Waals surface area contributed by atoms with E-state index in [4.69, 9.17) is 0 Å². The highest BCUT2D eigenvalue weighted by molar-refractivity contribution is 7.11. The number of likely N-dealkylation sites (tertiary alicyclic amines) is 2. The van der Waals surface area contributed by atoms with Gasteiger partial charge in [0.1, 0.15) is 0 Å². The fraction of sp³-hybridized carbons (Fsp3) is 0.706. The molecule has 1 N–H and O–H groups in total. The van der Waals surface area contributed by atoms with Crippen LogP contribution in [0.15, 0.2) is 12.1 Å². The molecule has 122 valence electrons. The molecular weight excluding hydrogens is 294 g/mol. The summed E-state index contributed by atoms with van der Waals surface area (Å²) in [6, 6.07) is 5.47.